The van der Waals surface area contributed by atoms with Crippen LogP contribution in [0.3, 0.4) is 0 Å². The summed E-state index contributed by atoms with van der Waals surface area (Å²) in [6.45, 7) is 1.87. The molecule has 2 amide bonds. The second-order valence-electron chi connectivity index (χ2n) is 5.83. The molecule has 1 heterocycles. The second-order valence-corrected chi connectivity index (χ2v) is 8.83. The van der Waals surface area contributed by atoms with Gasteiger partial charge in [-0.1, -0.05) is 45.4 Å². The maximum Gasteiger partial charge on any atom is 0.285 e. The molecular formula is C19H14BrClN2O3S2. The molecule has 2 aromatic carbocycles. The standard InChI is InChI=1S/C19H14BrClN2O3S2/c1-10-3-5-13(14(21)7-10)17(24)22-23-18(25)16(28-19(23)27)9-11-8-12(20)4-6-15(11)26-2/h3-9H,1-2H3,(H,22,24)/b16-9+. The summed E-state index contributed by atoms with van der Waals surface area (Å²) < 4.78 is 6.40. The van der Waals surface area contributed by atoms with Gasteiger partial charge >= 0.3 is 0 Å². The van der Waals surface area contributed by atoms with Crippen LogP contribution in [0.5, 0.6) is 5.75 Å². The lowest BCUT2D eigenvalue weighted by atomic mass is 10.1. The number of amides is 2. The number of carbonyl (C=O) groups is 2. The van der Waals surface area contributed by atoms with E-state index in [0.717, 1.165) is 26.8 Å². The minimum Gasteiger partial charge on any atom is -0.496 e. The van der Waals surface area contributed by atoms with Crippen molar-refractivity contribution in [1.29, 1.82) is 0 Å². The highest BCUT2D eigenvalue weighted by Gasteiger charge is 2.34. The number of aryl methyl sites for hydroxylation is 1. The third kappa shape index (κ3) is 4.41. The first-order valence-electron chi connectivity index (χ1n) is 7.99. The molecule has 0 spiro atoms. The van der Waals surface area contributed by atoms with Crippen LogP contribution in [0.2, 0.25) is 5.02 Å². The molecule has 0 atom stereocenters. The molecule has 28 heavy (non-hydrogen) atoms. The van der Waals surface area contributed by atoms with Gasteiger partial charge in [-0.3, -0.25) is 15.0 Å². The first-order chi connectivity index (χ1) is 13.3. The molecular weight excluding hydrogens is 484 g/mol. The SMILES string of the molecule is COc1ccc(Br)cc1/C=C1/SC(=S)N(NC(=O)c2ccc(C)cc2Cl)C1=O. The van der Waals surface area contributed by atoms with Gasteiger partial charge in [-0.05, 0) is 61.1 Å². The van der Waals surface area contributed by atoms with Crippen LogP contribution in [0.15, 0.2) is 45.8 Å². The molecule has 0 saturated carbocycles. The van der Waals surface area contributed by atoms with E-state index in [1.165, 1.54) is 0 Å². The fourth-order valence-electron chi connectivity index (χ4n) is 2.49. The zero-order valence-corrected chi connectivity index (χ0v) is 18.8. The van der Waals surface area contributed by atoms with Gasteiger partial charge < -0.3 is 4.74 Å². The van der Waals surface area contributed by atoms with Crippen LogP contribution in [0.1, 0.15) is 21.5 Å². The van der Waals surface area contributed by atoms with Crippen LogP contribution >= 0.6 is 51.5 Å². The Hall–Kier alpha value is -1.87. The van der Waals surface area contributed by atoms with E-state index >= 15 is 0 Å². The third-order valence-electron chi connectivity index (χ3n) is 3.85. The fraction of sp³-hybridized carbons (Fsp3) is 0.105. The van der Waals surface area contributed by atoms with Crippen molar-refractivity contribution in [2.24, 2.45) is 0 Å². The molecule has 0 aromatic heterocycles. The number of benzene rings is 2. The molecule has 144 valence electrons. The quantitative estimate of drug-likeness (QED) is 0.478. The summed E-state index contributed by atoms with van der Waals surface area (Å²) in [5.41, 5.74) is 4.43. The van der Waals surface area contributed by atoms with Crippen molar-refractivity contribution >= 4 is 73.7 Å². The third-order valence-corrected chi connectivity index (χ3v) is 5.96. The Kier molecular flexibility index (Phi) is 6.44. The second kappa shape index (κ2) is 8.65. The highest BCUT2D eigenvalue weighted by molar-refractivity contribution is 9.10. The Morgan fingerprint density at radius 3 is 2.75 bits per heavy atom. The number of thiocarbonyl (C=S) groups is 1. The first-order valence-corrected chi connectivity index (χ1v) is 10.4. The molecule has 5 nitrogen and oxygen atoms in total. The van der Waals surface area contributed by atoms with Gasteiger partial charge in [-0.25, -0.2) is 0 Å². The predicted molar refractivity (Wildman–Crippen MR) is 119 cm³/mol. The summed E-state index contributed by atoms with van der Waals surface area (Å²) in [4.78, 5) is 25.7. The van der Waals surface area contributed by atoms with Crippen LogP contribution < -0.4 is 10.2 Å². The van der Waals surface area contributed by atoms with Crippen molar-refractivity contribution in [3.63, 3.8) is 0 Å². The number of nitrogens with zero attached hydrogens (tertiary/aromatic N) is 1. The maximum atomic E-state index is 12.8. The molecule has 1 fully saturated rings. The zero-order chi connectivity index (χ0) is 20.4. The van der Waals surface area contributed by atoms with Crippen LogP contribution in [-0.4, -0.2) is 28.3 Å². The maximum absolute atomic E-state index is 12.8. The van der Waals surface area contributed by atoms with Crippen LogP contribution in [0.25, 0.3) is 6.08 Å². The van der Waals surface area contributed by atoms with Gasteiger partial charge in [0.1, 0.15) is 5.75 Å². The number of hydrazine groups is 1. The number of rotatable bonds is 4. The summed E-state index contributed by atoms with van der Waals surface area (Å²) >= 11 is 15.9. The highest BCUT2D eigenvalue weighted by Crippen LogP contribution is 2.34. The molecule has 9 heteroatoms. The Morgan fingerprint density at radius 1 is 1.32 bits per heavy atom. The lowest BCUT2D eigenvalue weighted by Gasteiger charge is -2.16. The minimum atomic E-state index is -0.511. The van der Waals surface area contributed by atoms with Gasteiger partial charge in [0, 0.05) is 10.0 Å². The van der Waals surface area contributed by atoms with Gasteiger partial charge in [-0.15, -0.1) is 0 Å². The number of hydrogen-bond acceptors (Lipinski definition) is 5. The van der Waals surface area contributed by atoms with E-state index in [2.05, 4.69) is 21.4 Å². The number of hydrogen-bond donors (Lipinski definition) is 1. The van der Waals surface area contributed by atoms with Crippen LogP contribution in [-0.2, 0) is 4.79 Å². The molecule has 0 aliphatic carbocycles. The smallest absolute Gasteiger partial charge is 0.285 e. The predicted octanol–water partition coefficient (Wildman–Crippen LogP) is 4.97. The van der Waals surface area contributed by atoms with Crippen molar-refractivity contribution in [3.05, 3.63) is 67.5 Å². The van der Waals surface area contributed by atoms with E-state index in [1.807, 2.05) is 19.1 Å². The average molecular weight is 498 g/mol. The van der Waals surface area contributed by atoms with Crippen LogP contribution in [0.4, 0.5) is 0 Å². The number of nitrogens with one attached hydrogen (secondary N) is 1. The summed E-state index contributed by atoms with van der Waals surface area (Å²) in [5, 5.41) is 1.35. The number of halogens is 2. The van der Waals surface area contributed by atoms with E-state index < -0.39 is 11.8 Å². The van der Waals surface area contributed by atoms with E-state index in [0.29, 0.717) is 21.2 Å². The number of thioether (sulfide) groups is 1. The Bertz CT molecular complexity index is 1030. The van der Waals surface area contributed by atoms with Crippen molar-refractivity contribution < 1.29 is 14.3 Å². The first kappa shape index (κ1) is 20.9. The molecule has 1 N–H and O–H groups in total. The summed E-state index contributed by atoms with van der Waals surface area (Å²) in [7, 11) is 1.55. The fourth-order valence-corrected chi connectivity index (χ4v) is 4.36. The van der Waals surface area contributed by atoms with Gasteiger partial charge in [0.2, 0.25) is 0 Å². The molecule has 1 aliphatic heterocycles. The molecule has 2 aromatic rings. The Labute approximate surface area is 185 Å². The van der Waals surface area contributed by atoms with Crippen molar-refractivity contribution in [3.8, 4) is 5.75 Å². The van der Waals surface area contributed by atoms with Gasteiger partial charge in [0.05, 0.1) is 22.6 Å². The number of methoxy groups -OCH3 is 1. The van der Waals surface area contributed by atoms with Crippen molar-refractivity contribution in [2.75, 3.05) is 7.11 Å². The van der Waals surface area contributed by atoms with E-state index in [9.17, 15) is 9.59 Å². The number of carbonyl (C=O) groups excluding carboxylic acids is 2. The average Bonchev–Trinajstić information content (AvgIpc) is 2.89. The largest absolute Gasteiger partial charge is 0.496 e. The summed E-state index contributed by atoms with van der Waals surface area (Å²) in [5.74, 6) is -0.319. The number of ether oxygens (including phenoxy) is 1. The van der Waals surface area contributed by atoms with Gasteiger partial charge in [-0.2, -0.15) is 5.01 Å². The van der Waals surface area contributed by atoms with E-state index in [-0.39, 0.29) is 9.88 Å². The normalized spacial score (nSPS) is 15.3. The summed E-state index contributed by atoms with van der Waals surface area (Å²) in [6, 6.07) is 10.5. The lowest BCUT2D eigenvalue weighted by Crippen LogP contribution is -2.44. The molecule has 0 bridgehead atoms. The minimum absolute atomic E-state index is 0.224. The van der Waals surface area contributed by atoms with Crippen molar-refractivity contribution in [1.82, 2.24) is 10.4 Å². The molecule has 0 unspecified atom stereocenters. The zero-order valence-electron chi connectivity index (χ0n) is 14.8. The Morgan fingerprint density at radius 2 is 2.07 bits per heavy atom. The van der Waals surface area contributed by atoms with E-state index in [4.69, 9.17) is 28.6 Å². The summed E-state index contributed by atoms with van der Waals surface area (Å²) in [6.07, 6.45) is 1.67. The highest BCUT2D eigenvalue weighted by atomic mass is 79.9. The monoisotopic (exact) mass is 496 g/mol. The molecule has 3 rings (SSSR count). The van der Waals surface area contributed by atoms with Gasteiger partial charge in [0.15, 0.2) is 4.32 Å². The van der Waals surface area contributed by atoms with Crippen LogP contribution in [0, 0.1) is 6.92 Å². The van der Waals surface area contributed by atoms with E-state index in [1.54, 1.807) is 37.5 Å². The topological polar surface area (TPSA) is 58.6 Å². The Balaban J connectivity index is 1.84. The molecule has 1 aliphatic rings. The molecule has 1 saturated heterocycles. The van der Waals surface area contributed by atoms with Gasteiger partial charge in [0.25, 0.3) is 11.8 Å². The molecule has 0 radical (unpaired) electrons. The van der Waals surface area contributed by atoms with Crippen molar-refractivity contribution in [2.45, 2.75) is 6.92 Å². The lowest BCUT2D eigenvalue weighted by molar-refractivity contribution is -0.123.